The van der Waals surface area contributed by atoms with Gasteiger partial charge in [0.15, 0.2) is 5.65 Å². The molecular weight excluding hydrogens is 326 g/mol. The molecule has 3 aromatic rings. The summed E-state index contributed by atoms with van der Waals surface area (Å²) in [5.41, 5.74) is 4.42. The molecule has 0 spiro atoms. The second-order valence-electron chi connectivity index (χ2n) is 6.88. The highest BCUT2D eigenvalue weighted by atomic mass is 16.2. The Morgan fingerprint density at radius 1 is 1.19 bits per heavy atom. The summed E-state index contributed by atoms with van der Waals surface area (Å²) < 4.78 is 1.65. The van der Waals surface area contributed by atoms with Gasteiger partial charge in [0.1, 0.15) is 5.56 Å². The van der Waals surface area contributed by atoms with Gasteiger partial charge in [-0.1, -0.05) is 18.2 Å². The van der Waals surface area contributed by atoms with E-state index < -0.39 is 0 Å². The van der Waals surface area contributed by atoms with Crippen molar-refractivity contribution in [2.24, 2.45) is 0 Å². The average Bonchev–Trinajstić information content (AvgIpc) is 3.31. The minimum absolute atomic E-state index is 0.0608. The summed E-state index contributed by atoms with van der Waals surface area (Å²) in [5, 5.41) is 4.25. The van der Waals surface area contributed by atoms with Crippen molar-refractivity contribution in [3.63, 3.8) is 0 Å². The third-order valence-corrected chi connectivity index (χ3v) is 4.93. The quantitative estimate of drug-likeness (QED) is 0.727. The van der Waals surface area contributed by atoms with Gasteiger partial charge in [-0.15, -0.1) is 0 Å². The largest absolute Gasteiger partial charge is 0.371 e. The molecule has 0 aliphatic carbocycles. The highest BCUT2D eigenvalue weighted by Crippen LogP contribution is 2.26. The summed E-state index contributed by atoms with van der Waals surface area (Å²) in [6, 6.07) is 10.2. The van der Waals surface area contributed by atoms with Crippen LogP contribution in [0.4, 0.5) is 5.69 Å². The second-order valence-corrected chi connectivity index (χ2v) is 6.88. The van der Waals surface area contributed by atoms with Gasteiger partial charge in [-0.2, -0.15) is 5.10 Å². The van der Waals surface area contributed by atoms with E-state index in [9.17, 15) is 4.79 Å². The number of hydrogen-bond donors (Lipinski definition) is 0. The van der Waals surface area contributed by atoms with E-state index >= 15 is 0 Å². The number of nitrogens with zero attached hydrogens (tertiary/aromatic N) is 5. The SMILES string of the molecule is Cc1ccn2ncc(C(=O)N(C)Cc3ccccc3N3CCCC3)c2n1. The standard InChI is InChI=1S/C20H23N5O/c1-15-9-12-25-19(22-15)17(13-21-25)20(26)23(2)14-16-7-3-4-8-18(16)24-10-5-6-11-24/h3-4,7-9,12-13H,5-6,10-11,14H2,1-2H3. The molecule has 6 nitrogen and oxygen atoms in total. The lowest BCUT2D eigenvalue weighted by Crippen LogP contribution is -2.28. The molecule has 134 valence electrons. The lowest BCUT2D eigenvalue weighted by Gasteiger charge is -2.24. The molecule has 2 aromatic heterocycles. The molecule has 1 fully saturated rings. The highest BCUT2D eigenvalue weighted by molar-refractivity contribution is 5.99. The average molecular weight is 349 g/mol. The molecule has 0 N–H and O–H groups in total. The fraction of sp³-hybridized carbons (Fsp3) is 0.350. The van der Waals surface area contributed by atoms with Gasteiger partial charge in [-0.05, 0) is 37.5 Å². The molecule has 3 heterocycles. The van der Waals surface area contributed by atoms with Crippen molar-refractivity contribution in [2.75, 3.05) is 25.0 Å². The molecule has 0 bridgehead atoms. The Balaban J connectivity index is 1.59. The maximum absolute atomic E-state index is 13.0. The maximum atomic E-state index is 13.0. The molecule has 0 saturated carbocycles. The number of para-hydroxylation sites is 1. The molecule has 0 atom stereocenters. The minimum Gasteiger partial charge on any atom is -0.371 e. The molecule has 4 rings (SSSR count). The number of aryl methyl sites for hydroxylation is 1. The number of benzene rings is 1. The first-order valence-corrected chi connectivity index (χ1v) is 9.03. The fourth-order valence-corrected chi connectivity index (χ4v) is 3.55. The van der Waals surface area contributed by atoms with Crippen LogP contribution in [0.5, 0.6) is 0 Å². The third-order valence-electron chi connectivity index (χ3n) is 4.93. The number of aromatic nitrogens is 3. The van der Waals surface area contributed by atoms with Crippen molar-refractivity contribution in [1.82, 2.24) is 19.5 Å². The Bertz CT molecular complexity index is 942. The van der Waals surface area contributed by atoms with Crippen molar-refractivity contribution >= 4 is 17.2 Å². The predicted molar refractivity (Wildman–Crippen MR) is 101 cm³/mol. The van der Waals surface area contributed by atoms with Crippen molar-refractivity contribution < 1.29 is 4.79 Å². The number of fused-ring (bicyclic) bond motifs is 1. The van der Waals surface area contributed by atoms with Crippen LogP contribution in [0.3, 0.4) is 0 Å². The number of anilines is 1. The van der Waals surface area contributed by atoms with E-state index in [4.69, 9.17) is 0 Å². The van der Waals surface area contributed by atoms with Crippen molar-refractivity contribution in [1.29, 1.82) is 0 Å². The van der Waals surface area contributed by atoms with Crippen molar-refractivity contribution in [3.8, 4) is 0 Å². The van der Waals surface area contributed by atoms with Crippen LogP contribution in [0, 0.1) is 6.92 Å². The van der Waals surface area contributed by atoms with Crippen molar-refractivity contribution in [3.05, 3.63) is 59.5 Å². The van der Waals surface area contributed by atoms with Gasteiger partial charge in [-0.3, -0.25) is 4.79 Å². The van der Waals surface area contributed by atoms with E-state index in [0.717, 1.165) is 18.8 Å². The summed E-state index contributed by atoms with van der Waals surface area (Å²) >= 11 is 0. The molecular formula is C20H23N5O. The number of amides is 1. The first kappa shape index (κ1) is 16.6. The Kier molecular flexibility index (Phi) is 4.32. The molecule has 1 aliphatic heterocycles. The summed E-state index contributed by atoms with van der Waals surface area (Å²) in [5.74, 6) is -0.0608. The Hall–Kier alpha value is -2.89. The van der Waals surface area contributed by atoms with E-state index in [2.05, 4.69) is 33.2 Å². The van der Waals surface area contributed by atoms with Gasteiger partial charge < -0.3 is 9.80 Å². The van der Waals surface area contributed by atoms with Gasteiger partial charge in [0.2, 0.25) is 0 Å². The van der Waals surface area contributed by atoms with Crippen molar-refractivity contribution in [2.45, 2.75) is 26.3 Å². The second kappa shape index (κ2) is 6.78. The zero-order valence-electron chi connectivity index (χ0n) is 15.2. The molecule has 1 amide bonds. The zero-order chi connectivity index (χ0) is 18.1. The predicted octanol–water partition coefficient (Wildman–Crippen LogP) is 2.91. The van der Waals surface area contributed by atoms with Crippen LogP contribution in [0.25, 0.3) is 5.65 Å². The molecule has 26 heavy (non-hydrogen) atoms. The number of carbonyl (C=O) groups is 1. The summed E-state index contributed by atoms with van der Waals surface area (Å²) in [7, 11) is 1.84. The fourth-order valence-electron chi connectivity index (χ4n) is 3.55. The molecule has 1 aliphatic rings. The third kappa shape index (κ3) is 3.03. The van der Waals surface area contributed by atoms with Crippen LogP contribution in [0.1, 0.15) is 34.5 Å². The molecule has 1 aromatic carbocycles. The van der Waals surface area contributed by atoms with Gasteiger partial charge >= 0.3 is 0 Å². The topological polar surface area (TPSA) is 53.7 Å². The van der Waals surface area contributed by atoms with Gasteiger partial charge in [0.05, 0.1) is 6.20 Å². The number of carbonyl (C=O) groups excluding carboxylic acids is 1. The lowest BCUT2D eigenvalue weighted by molar-refractivity contribution is 0.0787. The van der Waals surface area contributed by atoms with Gasteiger partial charge in [-0.25, -0.2) is 9.50 Å². The Morgan fingerprint density at radius 3 is 2.77 bits per heavy atom. The normalized spacial score (nSPS) is 14.2. The van der Waals surface area contributed by atoms with E-state index in [1.807, 2.05) is 32.3 Å². The Morgan fingerprint density at radius 2 is 1.96 bits per heavy atom. The summed E-state index contributed by atoms with van der Waals surface area (Å²) in [6.45, 7) is 4.66. The van der Waals surface area contributed by atoms with Gasteiger partial charge in [0.25, 0.3) is 5.91 Å². The maximum Gasteiger partial charge on any atom is 0.259 e. The van der Waals surface area contributed by atoms with Crippen LogP contribution in [-0.2, 0) is 6.54 Å². The molecule has 0 unspecified atom stereocenters. The van der Waals surface area contributed by atoms with Gasteiger partial charge in [0, 0.05) is 44.3 Å². The summed E-state index contributed by atoms with van der Waals surface area (Å²) in [4.78, 5) is 21.6. The van der Waals surface area contributed by atoms with Crippen LogP contribution in [0.2, 0.25) is 0 Å². The highest BCUT2D eigenvalue weighted by Gasteiger charge is 2.21. The summed E-state index contributed by atoms with van der Waals surface area (Å²) in [6.07, 6.45) is 5.90. The zero-order valence-corrected chi connectivity index (χ0v) is 15.2. The lowest BCUT2D eigenvalue weighted by atomic mass is 10.1. The van der Waals surface area contributed by atoms with Crippen LogP contribution in [0.15, 0.2) is 42.7 Å². The van der Waals surface area contributed by atoms with E-state index in [1.165, 1.54) is 24.1 Å². The minimum atomic E-state index is -0.0608. The van der Waals surface area contributed by atoms with E-state index in [1.54, 1.807) is 15.6 Å². The molecule has 0 radical (unpaired) electrons. The number of hydrogen-bond acceptors (Lipinski definition) is 4. The molecule has 6 heteroatoms. The molecule has 1 saturated heterocycles. The number of rotatable bonds is 4. The monoisotopic (exact) mass is 349 g/mol. The first-order valence-electron chi connectivity index (χ1n) is 9.03. The van der Waals surface area contributed by atoms with E-state index in [0.29, 0.717) is 17.8 Å². The van der Waals surface area contributed by atoms with E-state index in [-0.39, 0.29) is 5.91 Å². The van der Waals surface area contributed by atoms with Crippen LogP contribution in [-0.4, -0.2) is 45.5 Å². The van der Waals surface area contributed by atoms with Crippen LogP contribution >= 0.6 is 0 Å². The first-order chi connectivity index (χ1) is 12.6. The Labute approximate surface area is 153 Å². The smallest absolute Gasteiger partial charge is 0.259 e. The van der Waals surface area contributed by atoms with Crippen LogP contribution < -0.4 is 4.90 Å².